The van der Waals surface area contributed by atoms with Crippen LogP contribution < -0.4 is 10.6 Å². The van der Waals surface area contributed by atoms with Crippen molar-refractivity contribution in [2.24, 2.45) is 5.41 Å². The van der Waals surface area contributed by atoms with Gasteiger partial charge in [0.15, 0.2) is 5.54 Å². The average Bonchev–Trinajstić information content (AvgIpc) is 3.57. The molecule has 2 aromatic carbocycles. The minimum Gasteiger partial charge on any atom is -0.383 e. The summed E-state index contributed by atoms with van der Waals surface area (Å²) in [5.41, 5.74) is 1.18. The number of hydrogen-bond acceptors (Lipinski definition) is 6. The fraction of sp³-hybridized carbons (Fsp3) is 0.357. The van der Waals surface area contributed by atoms with Crippen LogP contribution in [0, 0.1) is 16.7 Å². The lowest BCUT2D eigenvalue weighted by molar-refractivity contribution is -0.182. The first-order chi connectivity index (χ1) is 18.4. The zero-order chi connectivity index (χ0) is 28.0. The Balaban J connectivity index is 1.57. The summed E-state index contributed by atoms with van der Waals surface area (Å²) >= 11 is 6.65. The first kappa shape index (κ1) is 26.8. The van der Waals surface area contributed by atoms with Crippen LogP contribution in [0.2, 0.25) is 5.02 Å². The molecule has 2 aromatic heterocycles. The molecule has 7 nitrogen and oxygen atoms in total. The number of halogens is 4. The molecule has 0 radical (unpaired) electrons. The summed E-state index contributed by atoms with van der Waals surface area (Å²) in [6.07, 6.45) is -1.62. The molecule has 1 saturated carbocycles. The first-order valence-electron chi connectivity index (χ1n) is 12.5. The highest BCUT2D eigenvalue weighted by Crippen LogP contribution is 2.55. The fourth-order valence-electron chi connectivity index (χ4n) is 4.49. The Morgan fingerprint density at radius 2 is 1.87 bits per heavy atom. The highest BCUT2D eigenvalue weighted by Gasteiger charge is 2.66. The van der Waals surface area contributed by atoms with Gasteiger partial charge in [0.2, 0.25) is 0 Å². The highest BCUT2D eigenvalue weighted by atomic mass is 35.5. The van der Waals surface area contributed by atoms with Crippen molar-refractivity contribution in [1.29, 1.82) is 5.26 Å². The number of nitrogens with zero attached hydrogens (tertiary/aromatic N) is 5. The molecule has 0 saturated heterocycles. The number of nitrogens with one attached hydrogen (secondary N) is 2. The Labute approximate surface area is 229 Å². The third-order valence-electron chi connectivity index (χ3n) is 6.78. The molecule has 1 fully saturated rings. The molecule has 1 aliphatic carbocycles. The Hall–Kier alpha value is -3.84. The summed E-state index contributed by atoms with van der Waals surface area (Å²) in [5, 5.41) is 25.5. The van der Waals surface area contributed by atoms with Crippen molar-refractivity contribution in [2.75, 3.05) is 17.2 Å². The van der Waals surface area contributed by atoms with E-state index >= 15 is 0 Å². The summed E-state index contributed by atoms with van der Waals surface area (Å²) in [6.45, 7) is 6.85. The maximum atomic E-state index is 13.7. The van der Waals surface area contributed by atoms with Crippen LogP contribution in [0.4, 0.5) is 24.5 Å². The largest absolute Gasteiger partial charge is 0.413 e. The molecule has 0 spiro atoms. The second-order valence-electron chi connectivity index (χ2n) is 11.0. The second-order valence-corrected chi connectivity index (χ2v) is 11.4. The van der Waals surface area contributed by atoms with Gasteiger partial charge in [-0.2, -0.15) is 18.4 Å². The molecule has 11 heteroatoms. The molecule has 0 aliphatic heterocycles. The van der Waals surface area contributed by atoms with E-state index in [1.165, 1.54) is 12.4 Å². The van der Waals surface area contributed by atoms with Crippen LogP contribution in [0.5, 0.6) is 0 Å². The van der Waals surface area contributed by atoms with Crippen LogP contribution in [0.3, 0.4) is 0 Å². The molecule has 2 heterocycles. The van der Waals surface area contributed by atoms with Crippen LogP contribution in [-0.2, 0) is 5.54 Å². The maximum Gasteiger partial charge on any atom is 0.413 e. The van der Waals surface area contributed by atoms with Crippen LogP contribution in [0.15, 0.2) is 54.9 Å². The van der Waals surface area contributed by atoms with Crippen LogP contribution in [0.25, 0.3) is 10.9 Å². The number of nitriles is 1. The third-order valence-corrected chi connectivity index (χ3v) is 7.07. The minimum atomic E-state index is -4.42. The molecular weight excluding hydrogens is 527 g/mol. The molecule has 1 aliphatic rings. The zero-order valence-corrected chi connectivity index (χ0v) is 22.4. The number of benzene rings is 2. The number of fused-ring (bicyclic) bond motifs is 1. The zero-order valence-electron chi connectivity index (χ0n) is 21.6. The van der Waals surface area contributed by atoms with E-state index in [-0.39, 0.29) is 18.3 Å². The normalized spacial score (nSPS) is 15.5. The average molecular weight is 554 g/mol. The quantitative estimate of drug-likeness (QED) is 0.254. The van der Waals surface area contributed by atoms with E-state index in [9.17, 15) is 18.4 Å². The highest BCUT2D eigenvalue weighted by molar-refractivity contribution is 6.35. The van der Waals surface area contributed by atoms with E-state index in [1.54, 1.807) is 6.07 Å². The Morgan fingerprint density at radius 3 is 2.49 bits per heavy atom. The third kappa shape index (κ3) is 5.23. The molecule has 1 atom stereocenters. The molecule has 0 unspecified atom stereocenters. The van der Waals surface area contributed by atoms with Crippen LogP contribution in [0.1, 0.15) is 56.5 Å². The van der Waals surface area contributed by atoms with Crippen molar-refractivity contribution in [2.45, 2.75) is 51.4 Å². The summed E-state index contributed by atoms with van der Waals surface area (Å²) in [7, 11) is 0. The first-order valence-corrected chi connectivity index (χ1v) is 12.9. The van der Waals surface area contributed by atoms with E-state index in [0.29, 0.717) is 45.1 Å². The Morgan fingerprint density at radius 1 is 1.15 bits per heavy atom. The molecule has 5 rings (SSSR count). The van der Waals surface area contributed by atoms with Crippen LogP contribution in [-0.4, -0.2) is 32.7 Å². The number of alkyl halides is 3. The minimum absolute atomic E-state index is 0.0262. The number of anilines is 2. The molecule has 4 aromatic rings. The van der Waals surface area contributed by atoms with Gasteiger partial charge in [-0.05, 0) is 36.0 Å². The van der Waals surface area contributed by atoms with Crippen molar-refractivity contribution in [3.63, 3.8) is 0 Å². The molecule has 0 bridgehead atoms. The number of aromatic nitrogens is 4. The smallest absolute Gasteiger partial charge is 0.383 e. The van der Waals surface area contributed by atoms with Crippen molar-refractivity contribution in [3.05, 3.63) is 76.7 Å². The van der Waals surface area contributed by atoms with Crippen molar-refractivity contribution in [3.8, 4) is 6.07 Å². The van der Waals surface area contributed by atoms with E-state index < -0.39 is 17.8 Å². The van der Waals surface area contributed by atoms with Gasteiger partial charge in [0.05, 0.1) is 34.0 Å². The molecule has 39 heavy (non-hydrogen) atoms. The van der Waals surface area contributed by atoms with E-state index in [0.717, 1.165) is 10.2 Å². The van der Waals surface area contributed by atoms with Gasteiger partial charge in [-0.15, -0.1) is 5.10 Å². The summed E-state index contributed by atoms with van der Waals surface area (Å²) in [4.78, 5) is 4.40. The molecular formula is C28H27ClF3N7. The molecule has 2 N–H and O–H groups in total. The van der Waals surface area contributed by atoms with Gasteiger partial charge in [0.25, 0.3) is 0 Å². The SMILES string of the molecule is CC(C)(C)CNc1c(C#N)cnc2c(Cl)cc(N[C@@H](c3ccccc3)c3cn(C4(C(F)(F)F)CC4)nn3)cc12. The Bertz CT molecular complexity index is 1550. The lowest BCUT2D eigenvalue weighted by Gasteiger charge is -2.22. The van der Waals surface area contributed by atoms with Gasteiger partial charge in [0.1, 0.15) is 11.8 Å². The standard InChI is InChI=1S/C28H27ClF3N7/c1-26(2,3)16-35-23-18(13-33)14-34-25-20(23)11-19(12-21(25)29)36-24(17-7-5-4-6-8-17)22-15-39(38-37-22)27(9-10-27)28(30,31)32/h4-8,11-12,14-15,24,36H,9-10,16H2,1-3H3,(H,34,35)/t24-/m0/s1. The monoisotopic (exact) mass is 553 g/mol. The van der Waals surface area contributed by atoms with E-state index in [1.807, 2.05) is 36.4 Å². The number of hydrogen-bond donors (Lipinski definition) is 2. The second kappa shape index (κ2) is 9.72. The van der Waals surface area contributed by atoms with E-state index in [2.05, 4.69) is 52.8 Å². The van der Waals surface area contributed by atoms with Crippen molar-refractivity contribution < 1.29 is 13.2 Å². The van der Waals surface area contributed by atoms with Gasteiger partial charge < -0.3 is 10.6 Å². The van der Waals surface area contributed by atoms with Crippen molar-refractivity contribution in [1.82, 2.24) is 20.0 Å². The van der Waals surface area contributed by atoms with Gasteiger partial charge >= 0.3 is 6.18 Å². The Kier molecular flexibility index (Phi) is 6.67. The fourth-order valence-corrected chi connectivity index (χ4v) is 4.76. The summed E-state index contributed by atoms with van der Waals surface area (Å²) < 4.78 is 42.1. The van der Waals surface area contributed by atoms with Crippen molar-refractivity contribution >= 4 is 33.9 Å². The van der Waals surface area contributed by atoms with Gasteiger partial charge in [-0.3, -0.25) is 4.98 Å². The summed E-state index contributed by atoms with van der Waals surface area (Å²) in [6, 6.07) is 14.4. The lowest BCUT2D eigenvalue weighted by Crippen LogP contribution is -2.35. The van der Waals surface area contributed by atoms with Gasteiger partial charge in [0, 0.05) is 23.8 Å². The summed E-state index contributed by atoms with van der Waals surface area (Å²) in [5.74, 6) is 0. The predicted octanol–water partition coefficient (Wildman–Crippen LogP) is 7.06. The van der Waals surface area contributed by atoms with E-state index in [4.69, 9.17) is 11.6 Å². The topological polar surface area (TPSA) is 91.5 Å². The predicted molar refractivity (Wildman–Crippen MR) is 145 cm³/mol. The number of pyridine rings is 1. The number of rotatable bonds is 7. The van der Waals surface area contributed by atoms with Crippen LogP contribution >= 0.6 is 11.6 Å². The molecule has 0 amide bonds. The lowest BCUT2D eigenvalue weighted by atomic mass is 9.96. The maximum absolute atomic E-state index is 13.7. The molecule has 202 valence electrons. The van der Waals surface area contributed by atoms with Gasteiger partial charge in [-0.25, -0.2) is 4.68 Å². The van der Waals surface area contributed by atoms with Gasteiger partial charge in [-0.1, -0.05) is 67.9 Å².